The predicted octanol–water partition coefficient (Wildman–Crippen LogP) is -0.370. The lowest BCUT2D eigenvalue weighted by molar-refractivity contribution is -0.139. The maximum Gasteiger partial charge on any atom is 0.322 e. The van der Waals surface area contributed by atoms with Gasteiger partial charge >= 0.3 is 5.97 Å². The fraction of sp³-hybridized carbons (Fsp3) is 0.812. The van der Waals surface area contributed by atoms with E-state index >= 15 is 0 Å². The summed E-state index contributed by atoms with van der Waals surface area (Å²) in [5.74, 6) is -2.44. The van der Waals surface area contributed by atoms with Gasteiger partial charge in [-0.1, -0.05) is 0 Å². The van der Waals surface area contributed by atoms with Gasteiger partial charge in [-0.15, -0.1) is 0 Å². The average molecular weight is 361 g/mol. The van der Waals surface area contributed by atoms with Crippen molar-refractivity contribution < 1.29 is 29.0 Å². The highest BCUT2D eigenvalue weighted by Gasteiger charge is 2.27. The molecule has 9 nitrogen and oxygen atoms in total. The second-order valence-electron chi connectivity index (χ2n) is 7.63. The Kier molecular flexibility index (Phi) is 9.03. The van der Waals surface area contributed by atoms with E-state index in [1.807, 2.05) is 20.8 Å². The van der Waals surface area contributed by atoms with Gasteiger partial charge in [0.2, 0.25) is 11.8 Å². The lowest BCUT2D eigenvalue weighted by Gasteiger charge is -2.26. The van der Waals surface area contributed by atoms with Crippen LogP contribution in [0.25, 0.3) is 0 Å². The van der Waals surface area contributed by atoms with Crippen molar-refractivity contribution in [3.63, 3.8) is 0 Å². The van der Waals surface area contributed by atoms with E-state index < -0.39 is 47.6 Å². The largest absolute Gasteiger partial charge is 0.480 e. The van der Waals surface area contributed by atoms with Crippen molar-refractivity contribution in [1.29, 1.82) is 0 Å². The van der Waals surface area contributed by atoms with E-state index in [2.05, 4.69) is 10.6 Å². The van der Waals surface area contributed by atoms with Crippen molar-refractivity contribution in [1.82, 2.24) is 10.6 Å². The Balaban J connectivity index is 4.80. The van der Waals surface area contributed by atoms with Gasteiger partial charge in [-0.2, -0.15) is 0 Å². The first-order valence-electron chi connectivity index (χ1n) is 8.04. The molecule has 0 aliphatic heterocycles. The molecule has 0 heterocycles. The first-order chi connectivity index (χ1) is 11.2. The van der Waals surface area contributed by atoms with E-state index in [-0.39, 0.29) is 13.2 Å². The van der Waals surface area contributed by atoms with E-state index in [1.165, 1.54) is 0 Å². The van der Waals surface area contributed by atoms with Crippen LogP contribution in [0, 0.1) is 0 Å². The first kappa shape index (κ1) is 23.3. The minimum absolute atomic E-state index is 0.0150. The Hall–Kier alpha value is -1.71. The molecule has 0 aliphatic rings. The Morgan fingerprint density at radius 1 is 0.960 bits per heavy atom. The van der Waals surface area contributed by atoms with E-state index in [0.29, 0.717) is 0 Å². The molecule has 146 valence electrons. The molecule has 0 unspecified atom stereocenters. The summed E-state index contributed by atoms with van der Waals surface area (Å²) in [7, 11) is 0. The van der Waals surface area contributed by atoms with Crippen LogP contribution in [0.2, 0.25) is 0 Å². The molecule has 25 heavy (non-hydrogen) atoms. The van der Waals surface area contributed by atoms with Crippen LogP contribution in [-0.2, 0) is 23.9 Å². The van der Waals surface area contributed by atoms with Crippen LogP contribution in [-0.4, -0.2) is 65.9 Å². The molecule has 0 bridgehead atoms. The highest BCUT2D eigenvalue weighted by molar-refractivity contribution is 5.91. The molecule has 0 saturated carbocycles. The minimum Gasteiger partial charge on any atom is -0.480 e. The molecular weight excluding hydrogens is 330 g/mol. The van der Waals surface area contributed by atoms with E-state index in [0.717, 1.165) is 0 Å². The number of carbonyl (C=O) groups excluding carboxylic acids is 2. The molecule has 2 atom stereocenters. The van der Waals surface area contributed by atoms with Crippen LogP contribution >= 0.6 is 0 Å². The summed E-state index contributed by atoms with van der Waals surface area (Å²) in [6.45, 7) is 10.2. The summed E-state index contributed by atoms with van der Waals surface area (Å²) >= 11 is 0. The van der Waals surface area contributed by atoms with E-state index in [4.69, 9.17) is 20.3 Å². The normalized spacial score (nSPS) is 14.5. The molecule has 0 rings (SSSR count). The molecule has 0 radical (unpaired) electrons. The molecule has 0 aliphatic carbocycles. The van der Waals surface area contributed by atoms with Crippen molar-refractivity contribution in [2.75, 3.05) is 19.8 Å². The third-order valence-corrected chi connectivity index (χ3v) is 2.76. The van der Waals surface area contributed by atoms with E-state index in [9.17, 15) is 14.4 Å². The lowest BCUT2D eigenvalue weighted by atomic mass is 10.1. The first-order valence-corrected chi connectivity index (χ1v) is 8.04. The highest BCUT2D eigenvalue weighted by atomic mass is 16.5. The zero-order valence-electron chi connectivity index (χ0n) is 15.8. The number of ether oxygens (including phenoxy) is 2. The summed E-state index contributed by atoms with van der Waals surface area (Å²) in [5.41, 5.74) is 4.79. The smallest absolute Gasteiger partial charge is 0.322 e. The van der Waals surface area contributed by atoms with Gasteiger partial charge in [0, 0.05) is 0 Å². The van der Waals surface area contributed by atoms with Gasteiger partial charge in [-0.25, -0.2) is 0 Å². The van der Waals surface area contributed by atoms with Gasteiger partial charge in [0.05, 0.1) is 24.4 Å². The standard InChI is InChI=1S/C16H31N3O6/c1-15(2,3)24-8-10(17)13(22)19-11(9-25-16(4,5)6)14(23)18-7-12(20)21/h10-11H,7-9,17H2,1-6H3,(H,18,23)(H,19,22)(H,20,21)/t10-,11+/m1/s1. The van der Waals surface area contributed by atoms with Gasteiger partial charge in [0.15, 0.2) is 0 Å². The number of nitrogens with one attached hydrogen (secondary N) is 2. The summed E-state index contributed by atoms with van der Waals surface area (Å²) in [6.07, 6.45) is 0. The quantitative estimate of drug-likeness (QED) is 0.439. The molecule has 0 fully saturated rings. The summed E-state index contributed by atoms with van der Waals surface area (Å²) in [6, 6.07) is -2.03. The zero-order valence-corrected chi connectivity index (χ0v) is 15.8. The summed E-state index contributed by atoms with van der Waals surface area (Å²) < 4.78 is 11.0. The molecule has 0 saturated heterocycles. The third-order valence-electron chi connectivity index (χ3n) is 2.76. The van der Waals surface area contributed by atoms with Crippen LogP contribution in [0.1, 0.15) is 41.5 Å². The SMILES string of the molecule is CC(C)(C)OC[C@@H](N)C(=O)N[C@@H](COC(C)(C)C)C(=O)NCC(=O)O. The fourth-order valence-electron chi connectivity index (χ4n) is 1.50. The number of rotatable bonds is 9. The molecule has 0 spiro atoms. The minimum atomic E-state index is -1.19. The number of amides is 2. The fourth-order valence-corrected chi connectivity index (χ4v) is 1.50. The van der Waals surface area contributed by atoms with Crippen LogP contribution in [0.5, 0.6) is 0 Å². The van der Waals surface area contributed by atoms with Crippen LogP contribution < -0.4 is 16.4 Å². The number of nitrogens with two attached hydrogens (primary N) is 1. The number of hydrogen-bond acceptors (Lipinski definition) is 6. The van der Waals surface area contributed by atoms with Gasteiger partial charge in [0.1, 0.15) is 18.6 Å². The summed E-state index contributed by atoms with van der Waals surface area (Å²) in [5, 5.41) is 13.3. The number of hydrogen-bond donors (Lipinski definition) is 4. The molecule has 2 amide bonds. The van der Waals surface area contributed by atoms with Gasteiger partial charge in [-0.05, 0) is 41.5 Å². The van der Waals surface area contributed by atoms with Gasteiger partial charge < -0.3 is 30.9 Å². The Morgan fingerprint density at radius 2 is 1.44 bits per heavy atom. The molecular formula is C16H31N3O6. The Labute approximate surface area is 148 Å². The Bertz CT molecular complexity index is 467. The Morgan fingerprint density at radius 3 is 1.88 bits per heavy atom. The second kappa shape index (κ2) is 9.69. The van der Waals surface area contributed by atoms with Crippen molar-refractivity contribution in [3.05, 3.63) is 0 Å². The highest BCUT2D eigenvalue weighted by Crippen LogP contribution is 2.08. The predicted molar refractivity (Wildman–Crippen MR) is 92.0 cm³/mol. The van der Waals surface area contributed by atoms with Crippen LogP contribution in [0.4, 0.5) is 0 Å². The number of carbonyl (C=O) groups is 3. The van der Waals surface area contributed by atoms with Crippen molar-refractivity contribution >= 4 is 17.8 Å². The molecule has 0 aromatic heterocycles. The average Bonchev–Trinajstić information content (AvgIpc) is 2.44. The number of carboxylic acid groups (broad SMARTS) is 1. The lowest BCUT2D eigenvalue weighted by Crippen LogP contribution is -2.55. The molecule has 0 aromatic carbocycles. The number of aliphatic carboxylic acids is 1. The molecule has 9 heteroatoms. The topological polar surface area (TPSA) is 140 Å². The second-order valence-corrected chi connectivity index (χ2v) is 7.63. The maximum atomic E-state index is 12.2. The molecule has 0 aromatic rings. The van der Waals surface area contributed by atoms with Crippen LogP contribution in [0.3, 0.4) is 0 Å². The van der Waals surface area contributed by atoms with Crippen LogP contribution in [0.15, 0.2) is 0 Å². The molecule has 5 N–H and O–H groups in total. The number of carboxylic acids is 1. The monoisotopic (exact) mass is 361 g/mol. The summed E-state index contributed by atoms with van der Waals surface area (Å²) in [4.78, 5) is 34.9. The van der Waals surface area contributed by atoms with E-state index in [1.54, 1.807) is 20.8 Å². The van der Waals surface area contributed by atoms with Crippen molar-refractivity contribution in [2.45, 2.75) is 64.8 Å². The van der Waals surface area contributed by atoms with Crippen molar-refractivity contribution in [2.24, 2.45) is 5.73 Å². The zero-order chi connectivity index (χ0) is 19.8. The third kappa shape index (κ3) is 12.3. The van der Waals surface area contributed by atoms with Crippen molar-refractivity contribution in [3.8, 4) is 0 Å². The maximum absolute atomic E-state index is 12.2. The van der Waals surface area contributed by atoms with Gasteiger partial charge in [-0.3, -0.25) is 14.4 Å². The van der Waals surface area contributed by atoms with Gasteiger partial charge in [0.25, 0.3) is 0 Å².